The van der Waals surface area contributed by atoms with Crippen molar-refractivity contribution in [3.8, 4) is 0 Å². The number of anilines is 1. The Hall–Kier alpha value is -1.62. The molecule has 0 unspecified atom stereocenters. The summed E-state index contributed by atoms with van der Waals surface area (Å²) < 4.78 is 13.4. The van der Waals surface area contributed by atoms with Crippen LogP contribution in [0, 0.1) is 11.7 Å². The van der Waals surface area contributed by atoms with E-state index < -0.39 is 5.54 Å². The van der Waals surface area contributed by atoms with Crippen LogP contribution in [-0.2, 0) is 4.79 Å². The highest BCUT2D eigenvalue weighted by atomic mass is 19.1. The Morgan fingerprint density at radius 1 is 1.35 bits per heavy atom. The highest BCUT2D eigenvalue weighted by Gasteiger charge is 2.41. The van der Waals surface area contributed by atoms with Gasteiger partial charge in [0.05, 0.1) is 0 Å². The van der Waals surface area contributed by atoms with Gasteiger partial charge in [0, 0.05) is 32.4 Å². The van der Waals surface area contributed by atoms with Crippen LogP contribution in [0.15, 0.2) is 24.3 Å². The van der Waals surface area contributed by atoms with Crippen molar-refractivity contribution >= 4 is 11.6 Å². The van der Waals surface area contributed by atoms with E-state index in [0.717, 1.165) is 38.4 Å². The first-order valence-electron chi connectivity index (χ1n) is 8.60. The molecule has 126 valence electrons. The number of carbonyl (C=O) groups is 1. The zero-order chi connectivity index (χ0) is 16.3. The largest absolute Gasteiger partial charge is 0.371 e. The van der Waals surface area contributed by atoms with Gasteiger partial charge >= 0.3 is 0 Å². The first kappa shape index (κ1) is 16.2. The quantitative estimate of drug-likeness (QED) is 0.877. The molecule has 1 aliphatic carbocycles. The Morgan fingerprint density at radius 3 is 2.65 bits per heavy atom. The molecule has 1 saturated heterocycles. The molecule has 2 fully saturated rings. The van der Waals surface area contributed by atoms with Crippen LogP contribution in [-0.4, -0.2) is 43.0 Å². The summed E-state index contributed by atoms with van der Waals surface area (Å²) in [5.74, 6) is 0.549. The van der Waals surface area contributed by atoms with Gasteiger partial charge in [-0.15, -0.1) is 0 Å². The Bertz CT molecular complexity index is 551. The molecule has 1 heterocycles. The SMILES string of the molecule is CNC(=O)C1(Nc2cccc(F)c2)CCN(CC2CCC2)CC1. The number of carbonyl (C=O) groups excluding carboxylic acids is 1. The van der Waals surface area contributed by atoms with Gasteiger partial charge in [-0.2, -0.15) is 0 Å². The van der Waals surface area contributed by atoms with Crippen LogP contribution in [0.25, 0.3) is 0 Å². The molecule has 4 nitrogen and oxygen atoms in total. The van der Waals surface area contributed by atoms with Crippen molar-refractivity contribution < 1.29 is 9.18 Å². The molecule has 1 saturated carbocycles. The van der Waals surface area contributed by atoms with Gasteiger partial charge in [0.25, 0.3) is 0 Å². The summed E-state index contributed by atoms with van der Waals surface area (Å²) >= 11 is 0. The van der Waals surface area contributed by atoms with E-state index in [0.29, 0.717) is 5.69 Å². The summed E-state index contributed by atoms with van der Waals surface area (Å²) in [4.78, 5) is 15.0. The third-order valence-corrected chi connectivity index (χ3v) is 5.32. The smallest absolute Gasteiger partial charge is 0.245 e. The van der Waals surface area contributed by atoms with E-state index in [1.807, 2.05) is 6.07 Å². The van der Waals surface area contributed by atoms with Crippen molar-refractivity contribution in [1.29, 1.82) is 0 Å². The fraction of sp³-hybridized carbons (Fsp3) is 0.611. The number of hydrogen-bond acceptors (Lipinski definition) is 3. The third kappa shape index (κ3) is 3.66. The first-order chi connectivity index (χ1) is 11.1. The number of amides is 1. The normalized spacial score (nSPS) is 21.5. The number of nitrogens with one attached hydrogen (secondary N) is 2. The highest BCUT2D eigenvalue weighted by Crippen LogP contribution is 2.31. The standard InChI is InChI=1S/C18H26FN3O/c1-20-17(23)18(21-16-7-3-6-15(19)12-16)8-10-22(11-9-18)13-14-4-2-5-14/h3,6-7,12,14,21H,2,4-5,8-11,13H2,1H3,(H,20,23). The van der Waals surface area contributed by atoms with Crippen LogP contribution in [0.1, 0.15) is 32.1 Å². The minimum atomic E-state index is -0.640. The van der Waals surface area contributed by atoms with Gasteiger partial charge < -0.3 is 15.5 Å². The maximum Gasteiger partial charge on any atom is 0.245 e. The Kier molecular flexibility index (Phi) is 4.85. The first-order valence-corrected chi connectivity index (χ1v) is 8.60. The van der Waals surface area contributed by atoms with Crippen LogP contribution >= 0.6 is 0 Å². The molecule has 0 spiro atoms. The second-order valence-electron chi connectivity index (χ2n) is 6.89. The van der Waals surface area contributed by atoms with Gasteiger partial charge in [0.15, 0.2) is 0 Å². The molecule has 0 bridgehead atoms. The molecule has 0 atom stereocenters. The zero-order valence-electron chi connectivity index (χ0n) is 13.8. The van der Waals surface area contributed by atoms with Gasteiger partial charge in [0.2, 0.25) is 5.91 Å². The molecule has 1 amide bonds. The summed E-state index contributed by atoms with van der Waals surface area (Å²) in [6.45, 7) is 2.97. The summed E-state index contributed by atoms with van der Waals surface area (Å²) in [7, 11) is 1.66. The number of halogens is 1. The van der Waals surface area contributed by atoms with Crippen LogP contribution in [0.4, 0.5) is 10.1 Å². The predicted octanol–water partition coefficient (Wildman–Crippen LogP) is 2.62. The zero-order valence-corrected chi connectivity index (χ0v) is 13.8. The maximum absolute atomic E-state index is 13.4. The van der Waals surface area contributed by atoms with Crippen LogP contribution in [0.3, 0.4) is 0 Å². The van der Waals surface area contributed by atoms with E-state index in [4.69, 9.17) is 0 Å². The average molecular weight is 319 g/mol. The lowest BCUT2D eigenvalue weighted by atomic mass is 9.82. The van der Waals surface area contributed by atoms with E-state index in [9.17, 15) is 9.18 Å². The lowest BCUT2D eigenvalue weighted by Crippen LogP contribution is -2.58. The molecule has 1 aromatic rings. The number of benzene rings is 1. The highest BCUT2D eigenvalue weighted by molar-refractivity contribution is 5.89. The summed E-state index contributed by atoms with van der Waals surface area (Å²) in [6, 6.07) is 6.35. The Morgan fingerprint density at radius 2 is 2.09 bits per heavy atom. The third-order valence-electron chi connectivity index (χ3n) is 5.32. The molecule has 2 aliphatic rings. The lowest BCUT2D eigenvalue weighted by molar-refractivity contribution is -0.126. The predicted molar refractivity (Wildman–Crippen MR) is 89.8 cm³/mol. The molecule has 0 radical (unpaired) electrons. The van der Waals surface area contributed by atoms with Crippen molar-refractivity contribution in [2.75, 3.05) is 32.0 Å². The van der Waals surface area contributed by atoms with Crippen LogP contribution in [0.5, 0.6) is 0 Å². The number of nitrogens with zero attached hydrogens (tertiary/aromatic N) is 1. The van der Waals surface area contributed by atoms with Gasteiger partial charge in [0.1, 0.15) is 11.4 Å². The second-order valence-corrected chi connectivity index (χ2v) is 6.89. The number of likely N-dealkylation sites (N-methyl/N-ethyl adjacent to an activating group) is 1. The molecule has 2 N–H and O–H groups in total. The van der Waals surface area contributed by atoms with Gasteiger partial charge in [-0.1, -0.05) is 12.5 Å². The minimum Gasteiger partial charge on any atom is -0.371 e. The molecule has 0 aromatic heterocycles. The van der Waals surface area contributed by atoms with Crippen molar-refractivity contribution in [3.63, 3.8) is 0 Å². The van der Waals surface area contributed by atoms with E-state index in [1.54, 1.807) is 13.1 Å². The van der Waals surface area contributed by atoms with E-state index in [-0.39, 0.29) is 11.7 Å². The summed E-state index contributed by atoms with van der Waals surface area (Å²) in [5, 5.41) is 6.08. The molecule has 3 rings (SSSR count). The number of piperidine rings is 1. The van der Waals surface area contributed by atoms with Crippen molar-refractivity contribution in [2.24, 2.45) is 5.92 Å². The summed E-state index contributed by atoms with van der Waals surface area (Å²) in [6.07, 6.45) is 5.55. The minimum absolute atomic E-state index is 0.00921. The fourth-order valence-electron chi connectivity index (χ4n) is 3.65. The maximum atomic E-state index is 13.4. The van der Waals surface area contributed by atoms with Gasteiger partial charge in [-0.05, 0) is 49.8 Å². The summed E-state index contributed by atoms with van der Waals surface area (Å²) in [5.41, 5.74) is 0.0274. The van der Waals surface area contributed by atoms with E-state index in [2.05, 4.69) is 15.5 Å². The molecular formula is C18H26FN3O. The van der Waals surface area contributed by atoms with Gasteiger partial charge in [-0.25, -0.2) is 4.39 Å². The fourth-order valence-corrected chi connectivity index (χ4v) is 3.65. The number of rotatable bonds is 5. The average Bonchev–Trinajstić information content (AvgIpc) is 2.51. The van der Waals surface area contributed by atoms with Crippen molar-refractivity contribution in [1.82, 2.24) is 10.2 Å². The molecule has 5 heteroatoms. The monoisotopic (exact) mass is 319 g/mol. The number of hydrogen-bond donors (Lipinski definition) is 2. The van der Waals surface area contributed by atoms with Crippen LogP contribution in [0.2, 0.25) is 0 Å². The van der Waals surface area contributed by atoms with Gasteiger partial charge in [-0.3, -0.25) is 4.79 Å². The van der Waals surface area contributed by atoms with E-state index >= 15 is 0 Å². The number of likely N-dealkylation sites (tertiary alicyclic amines) is 1. The Balaban J connectivity index is 1.67. The molecule has 23 heavy (non-hydrogen) atoms. The van der Waals surface area contributed by atoms with Crippen molar-refractivity contribution in [3.05, 3.63) is 30.1 Å². The molecule has 1 aliphatic heterocycles. The topological polar surface area (TPSA) is 44.4 Å². The second kappa shape index (κ2) is 6.87. The molecular weight excluding hydrogens is 293 g/mol. The Labute approximate surface area is 137 Å². The molecule has 1 aromatic carbocycles. The van der Waals surface area contributed by atoms with Crippen LogP contribution < -0.4 is 10.6 Å². The van der Waals surface area contributed by atoms with Crippen molar-refractivity contribution in [2.45, 2.75) is 37.6 Å². The van der Waals surface area contributed by atoms with E-state index in [1.165, 1.54) is 31.4 Å². The lowest BCUT2D eigenvalue weighted by Gasteiger charge is -2.43.